The van der Waals surface area contributed by atoms with Crippen LogP contribution in [0.4, 0.5) is 5.82 Å². The van der Waals surface area contributed by atoms with E-state index in [-0.39, 0.29) is 23.3 Å². The van der Waals surface area contributed by atoms with Gasteiger partial charge in [-0.05, 0) is 49.7 Å². The Morgan fingerprint density at radius 3 is 2.88 bits per heavy atom. The maximum atomic E-state index is 12.6. The number of hydrogen-bond acceptors (Lipinski definition) is 4. The molecule has 2 heterocycles. The van der Waals surface area contributed by atoms with Crippen molar-refractivity contribution in [1.82, 2.24) is 4.98 Å². The van der Waals surface area contributed by atoms with E-state index in [4.69, 9.17) is 4.74 Å². The van der Waals surface area contributed by atoms with Gasteiger partial charge in [0.1, 0.15) is 11.6 Å². The van der Waals surface area contributed by atoms with Gasteiger partial charge in [-0.2, -0.15) is 0 Å². The lowest BCUT2D eigenvalue weighted by Crippen LogP contribution is -2.53. The molecule has 3 fully saturated rings. The molecule has 1 aromatic rings. The summed E-state index contributed by atoms with van der Waals surface area (Å²) in [7, 11) is 0. The molecule has 3 atom stereocenters. The van der Waals surface area contributed by atoms with Crippen LogP contribution in [0.3, 0.4) is 0 Å². The van der Waals surface area contributed by atoms with E-state index in [1.165, 1.54) is 0 Å². The van der Waals surface area contributed by atoms with Crippen molar-refractivity contribution in [1.29, 1.82) is 0 Å². The second-order valence-corrected chi connectivity index (χ2v) is 8.78. The van der Waals surface area contributed by atoms with Gasteiger partial charge in [0, 0.05) is 23.8 Å². The van der Waals surface area contributed by atoms with Crippen molar-refractivity contribution in [3.8, 4) is 5.75 Å². The summed E-state index contributed by atoms with van der Waals surface area (Å²) in [6.45, 7) is 5.06. The van der Waals surface area contributed by atoms with Crippen molar-refractivity contribution in [3.63, 3.8) is 0 Å². The predicted octanol–water partition coefficient (Wildman–Crippen LogP) is 2.70. The zero-order valence-corrected chi connectivity index (χ0v) is 15.0. The van der Waals surface area contributed by atoms with Gasteiger partial charge in [0.25, 0.3) is 0 Å². The van der Waals surface area contributed by atoms with Crippen molar-refractivity contribution in [2.45, 2.75) is 64.0 Å². The lowest BCUT2D eigenvalue weighted by Gasteiger charge is -2.41. The number of carbonyl (C=O) groups is 1. The predicted molar refractivity (Wildman–Crippen MR) is 93.5 cm³/mol. The lowest BCUT2D eigenvalue weighted by molar-refractivity contribution is -0.120. The molecular weight excluding hydrogens is 316 g/mol. The number of fused-ring (bicyclic) bond motifs is 4. The number of aromatic nitrogens is 1. The number of rotatable bonds is 5. The van der Waals surface area contributed by atoms with E-state index in [1.807, 2.05) is 11.0 Å². The third kappa shape index (κ3) is 2.05. The van der Waals surface area contributed by atoms with E-state index in [0.29, 0.717) is 18.9 Å². The molecule has 1 amide bonds. The average Bonchev–Trinajstić information content (AvgIpc) is 3.40. The highest BCUT2D eigenvalue weighted by atomic mass is 16.5. The van der Waals surface area contributed by atoms with Crippen molar-refractivity contribution in [2.24, 2.45) is 17.3 Å². The highest BCUT2D eigenvalue weighted by Gasteiger charge is 2.90. The number of carbonyl (C=O) groups excluding carboxylic acids is 1. The largest absolute Gasteiger partial charge is 0.492 e. The first-order valence-corrected chi connectivity index (χ1v) is 9.62. The molecule has 25 heavy (non-hydrogen) atoms. The Morgan fingerprint density at radius 2 is 2.20 bits per heavy atom. The molecule has 0 saturated heterocycles. The van der Waals surface area contributed by atoms with Crippen LogP contribution in [-0.4, -0.2) is 34.2 Å². The minimum atomic E-state index is -0.477. The standard InChI is InChI=1S/C20H26N2O3/c1-12(2)5-8-25-14-9-13-3-4-16(23)22(18(13)21-11-14)15-10-20(24)17(15)19(20)6-7-19/h9,11-12,15,17,24H,3-8,10H2,1-2H3/t15?,17?,20-/m1/s1. The maximum Gasteiger partial charge on any atom is 0.228 e. The smallest absolute Gasteiger partial charge is 0.228 e. The Hall–Kier alpha value is -1.62. The Morgan fingerprint density at radius 1 is 1.40 bits per heavy atom. The molecule has 5 rings (SSSR count). The van der Waals surface area contributed by atoms with Crippen molar-refractivity contribution >= 4 is 11.7 Å². The van der Waals surface area contributed by atoms with Gasteiger partial charge in [-0.25, -0.2) is 4.98 Å². The zero-order valence-electron chi connectivity index (χ0n) is 15.0. The number of anilines is 1. The summed E-state index contributed by atoms with van der Waals surface area (Å²) in [5.41, 5.74) is 0.771. The van der Waals surface area contributed by atoms with Crippen LogP contribution >= 0.6 is 0 Å². The summed E-state index contributed by atoms with van der Waals surface area (Å²) < 4.78 is 5.83. The fourth-order valence-electron chi connectivity index (χ4n) is 5.29. The van der Waals surface area contributed by atoms with Crippen molar-refractivity contribution in [2.75, 3.05) is 11.5 Å². The molecule has 1 aromatic heterocycles. The Kier molecular flexibility index (Phi) is 3.10. The summed E-state index contributed by atoms with van der Waals surface area (Å²) in [4.78, 5) is 19.1. The number of aliphatic hydroxyl groups is 1. The third-order valence-corrected chi connectivity index (χ3v) is 6.90. The number of pyridine rings is 1. The molecule has 134 valence electrons. The van der Waals surface area contributed by atoms with Crippen LogP contribution in [0.25, 0.3) is 0 Å². The fourth-order valence-corrected chi connectivity index (χ4v) is 5.29. The first kappa shape index (κ1) is 15.6. The lowest BCUT2D eigenvalue weighted by atomic mass is 9.86. The average molecular weight is 342 g/mol. The summed E-state index contributed by atoms with van der Waals surface area (Å²) in [5.74, 6) is 2.64. The molecule has 1 aliphatic heterocycles. The first-order chi connectivity index (χ1) is 12.0. The van der Waals surface area contributed by atoms with Crippen LogP contribution < -0.4 is 9.64 Å². The Labute approximate surface area is 148 Å². The minimum Gasteiger partial charge on any atom is -0.492 e. The molecule has 1 spiro atoms. The number of hydrogen-bond donors (Lipinski definition) is 1. The van der Waals surface area contributed by atoms with E-state index < -0.39 is 5.60 Å². The molecule has 5 nitrogen and oxygen atoms in total. The van der Waals surface area contributed by atoms with E-state index in [9.17, 15) is 9.90 Å². The first-order valence-electron chi connectivity index (χ1n) is 9.62. The summed E-state index contributed by atoms with van der Waals surface area (Å²) in [5, 5.41) is 10.6. The molecule has 2 unspecified atom stereocenters. The highest BCUT2D eigenvalue weighted by Crippen LogP contribution is 2.86. The highest BCUT2D eigenvalue weighted by molar-refractivity contribution is 5.96. The second kappa shape index (κ2) is 4.97. The van der Waals surface area contributed by atoms with Gasteiger partial charge < -0.3 is 9.84 Å². The maximum absolute atomic E-state index is 12.6. The van der Waals surface area contributed by atoms with Gasteiger partial charge in [0.2, 0.25) is 5.91 Å². The molecule has 0 aromatic carbocycles. The molecule has 4 aliphatic rings. The molecular formula is C20H26N2O3. The monoisotopic (exact) mass is 342 g/mol. The van der Waals surface area contributed by atoms with Crippen LogP contribution in [0.5, 0.6) is 5.75 Å². The van der Waals surface area contributed by atoms with Crippen molar-refractivity contribution < 1.29 is 14.6 Å². The van der Waals surface area contributed by atoms with Crippen LogP contribution in [-0.2, 0) is 11.2 Å². The van der Waals surface area contributed by atoms with Crippen LogP contribution in [0, 0.1) is 17.3 Å². The van der Waals surface area contributed by atoms with Gasteiger partial charge in [-0.3, -0.25) is 9.69 Å². The van der Waals surface area contributed by atoms with Gasteiger partial charge in [0.05, 0.1) is 18.4 Å². The van der Waals surface area contributed by atoms with Gasteiger partial charge in [0.15, 0.2) is 0 Å². The molecule has 0 radical (unpaired) electrons. The molecule has 0 bridgehead atoms. The van der Waals surface area contributed by atoms with Crippen LogP contribution in [0.2, 0.25) is 0 Å². The molecule has 5 heteroatoms. The number of ether oxygens (including phenoxy) is 1. The van der Waals surface area contributed by atoms with Gasteiger partial charge in [-0.15, -0.1) is 0 Å². The fraction of sp³-hybridized carbons (Fsp3) is 0.700. The van der Waals surface area contributed by atoms with E-state index in [0.717, 1.165) is 49.2 Å². The zero-order chi connectivity index (χ0) is 17.4. The molecule has 3 saturated carbocycles. The third-order valence-electron chi connectivity index (χ3n) is 6.90. The number of nitrogens with zero attached hydrogens (tertiary/aromatic N) is 2. The second-order valence-electron chi connectivity index (χ2n) is 8.78. The topological polar surface area (TPSA) is 62.7 Å². The van der Waals surface area contributed by atoms with E-state index >= 15 is 0 Å². The SMILES string of the molecule is CC(C)CCOc1cnc2c(c1)CCC(=O)N2C1C[C@@]2(O)C1C21CC1. The summed E-state index contributed by atoms with van der Waals surface area (Å²) in [6.07, 6.45) is 6.98. The Balaban J connectivity index is 1.36. The number of aryl methyl sites for hydroxylation is 1. The van der Waals surface area contributed by atoms with Crippen molar-refractivity contribution in [3.05, 3.63) is 17.8 Å². The molecule has 3 aliphatic carbocycles. The summed E-state index contributed by atoms with van der Waals surface area (Å²) in [6, 6.07) is 2.19. The molecule has 1 N–H and O–H groups in total. The summed E-state index contributed by atoms with van der Waals surface area (Å²) >= 11 is 0. The minimum absolute atomic E-state index is 0.138. The van der Waals surface area contributed by atoms with Gasteiger partial charge in [-0.1, -0.05) is 13.8 Å². The number of amides is 1. The van der Waals surface area contributed by atoms with E-state index in [1.54, 1.807) is 6.20 Å². The Bertz CT molecular complexity index is 738. The van der Waals surface area contributed by atoms with Gasteiger partial charge >= 0.3 is 0 Å². The quantitative estimate of drug-likeness (QED) is 0.894. The van der Waals surface area contributed by atoms with Crippen LogP contribution in [0.15, 0.2) is 12.3 Å². The van der Waals surface area contributed by atoms with Crippen LogP contribution in [0.1, 0.15) is 51.5 Å². The van der Waals surface area contributed by atoms with E-state index in [2.05, 4.69) is 18.8 Å². The normalized spacial score (nSPS) is 33.8.